The molecule has 72 heavy (non-hydrogen) atoms. The Bertz CT molecular complexity index is 3010. The molecule has 0 bridgehead atoms. The highest BCUT2D eigenvalue weighted by Crippen LogP contribution is 2.49. The van der Waals surface area contributed by atoms with Crippen molar-refractivity contribution in [2.45, 2.75) is 146 Å². The second-order valence-electron chi connectivity index (χ2n) is 19.9. The SMILES string of the molecule is Cc1ccc(S(=O)(=O)O)cc1C(C)(C)C(/C=C/C=C/C=C1/N(CCCCCC(=O)ON2C(=O)CCC2=O)c2ccc(S(=O)(=O)O)cc2C1(C)C)=N/CCCNC(=O)C1(C)CCc2c(C)c(O)c(C)c(C)c2O1. The van der Waals surface area contributed by atoms with Crippen LogP contribution in [0.3, 0.4) is 0 Å². The average molecular weight is 1030 g/mol. The van der Waals surface area contributed by atoms with Gasteiger partial charge < -0.3 is 24.9 Å². The van der Waals surface area contributed by atoms with Crippen molar-refractivity contribution < 1.29 is 59.8 Å². The molecule has 1 fully saturated rings. The summed E-state index contributed by atoms with van der Waals surface area (Å²) in [6.45, 7) is 17.9. The minimum Gasteiger partial charge on any atom is -0.507 e. The molecule has 6 rings (SSSR count). The highest BCUT2D eigenvalue weighted by Gasteiger charge is 2.42. The number of carbonyl (C=O) groups is 4. The monoisotopic (exact) mass is 1030 g/mol. The van der Waals surface area contributed by atoms with E-state index in [-0.39, 0.29) is 47.3 Å². The number of nitrogens with zero attached hydrogens (tertiary/aromatic N) is 3. The van der Waals surface area contributed by atoms with Crippen LogP contribution in [0.15, 0.2) is 87.3 Å². The Labute approximate surface area is 422 Å². The normalized spacial score (nSPS) is 18.8. The maximum absolute atomic E-state index is 13.6. The van der Waals surface area contributed by atoms with Crippen LogP contribution in [0.5, 0.6) is 11.5 Å². The van der Waals surface area contributed by atoms with E-state index in [2.05, 4.69) is 10.2 Å². The molecule has 3 aliphatic rings. The number of hydrogen-bond acceptors (Lipinski definition) is 13. The van der Waals surface area contributed by atoms with E-state index in [1.54, 1.807) is 31.2 Å². The minimum absolute atomic E-state index is 0.00286. The summed E-state index contributed by atoms with van der Waals surface area (Å²) in [5, 5.41) is 14.1. The molecule has 3 aromatic carbocycles. The third-order valence-corrected chi connectivity index (χ3v) is 15.8. The summed E-state index contributed by atoms with van der Waals surface area (Å²) >= 11 is 0. The molecule has 0 radical (unpaired) electrons. The van der Waals surface area contributed by atoms with Gasteiger partial charge in [0.25, 0.3) is 38.0 Å². The number of amides is 3. The van der Waals surface area contributed by atoms with Gasteiger partial charge in [-0.2, -0.15) is 16.8 Å². The number of phenolic OH excluding ortho intramolecular Hbond substituents is 1. The Kier molecular flexibility index (Phi) is 16.5. The quantitative estimate of drug-likeness (QED) is 0.0292. The fourth-order valence-corrected chi connectivity index (χ4v) is 10.6. The first-order chi connectivity index (χ1) is 33.6. The first kappa shape index (κ1) is 55.2. The fraction of sp³-hybridized carbons (Fsp3) is 0.453. The maximum Gasteiger partial charge on any atom is 0.333 e. The number of hydroxylamine groups is 2. The number of allylic oxidation sites excluding steroid dienone is 6. The molecule has 3 heterocycles. The lowest BCUT2D eigenvalue weighted by molar-refractivity contribution is -0.197. The third-order valence-electron chi connectivity index (χ3n) is 14.1. The van der Waals surface area contributed by atoms with Crippen LogP contribution in [0.25, 0.3) is 0 Å². The van der Waals surface area contributed by atoms with Gasteiger partial charge in [0.2, 0.25) is 0 Å². The number of aliphatic imine (C=N–C) groups is 1. The number of aromatic hydroxyl groups is 1. The number of benzene rings is 3. The molecule has 1 atom stereocenters. The standard InChI is InChI=1S/C53H66N4O13S2/c1-33-20-21-37(71(63,64)65)31-40(33)51(5,6)43(54-28-16-29-55-50(62)53(9)27-26-39-36(4)48(61)34(2)35(3)49(39)69-53)17-12-10-13-18-44-52(7,8)41-32-38(72(66,67)68)22-23-42(41)56(44)30-15-11-14-19-47(60)70-57-45(58)24-25-46(57)59/h10,12-13,17-18,20-23,31-32,61H,11,14-16,19,24-30H2,1-9H3,(H,55,62)(H,63,64,65)(H,66,67,68)/b13-10+,17-12+,44-18+,54-43+. The molecule has 17 nitrogen and oxygen atoms in total. The molecule has 19 heteroatoms. The Hall–Kier alpha value is -6.15. The zero-order valence-electron chi connectivity index (χ0n) is 42.4. The Morgan fingerprint density at radius 2 is 1.50 bits per heavy atom. The zero-order chi connectivity index (χ0) is 53.1. The number of imide groups is 1. The van der Waals surface area contributed by atoms with Gasteiger partial charge >= 0.3 is 5.97 Å². The second-order valence-corrected chi connectivity index (χ2v) is 22.7. The molecule has 0 aromatic heterocycles. The van der Waals surface area contributed by atoms with Crippen molar-refractivity contribution in [2.75, 3.05) is 24.5 Å². The van der Waals surface area contributed by atoms with Crippen LogP contribution >= 0.6 is 0 Å². The topological polar surface area (TPSA) is 247 Å². The van der Waals surface area contributed by atoms with Gasteiger partial charge in [-0.05, 0) is 136 Å². The number of unbranched alkanes of at least 4 members (excludes halogenated alkanes) is 2. The molecular weight excluding hydrogens is 965 g/mol. The average Bonchev–Trinajstić information content (AvgIpc) is 3.73. The lowest BCUT2D eigenvalue weighted by Crippen LogP contribution is -2.51. The predicted molar refractivity (Wildman–Crippen MR) is 272 cm³/mol. The van der Waals surface area contributed by atoms with Gasteiger partial charge in [-0.1, -0.05) is 58.4 Å². The summed E-state index contributed by atoms with van der Waals surface area (Å²) < 4.78 is 75.2. The van der Waals surface area contributed by atoms with E-state index in [9.17, 15) is 50.2 Å². The molecule has 0 spiro atoms. The molecule has 3 amide bonds. The van der Waals surface area contributed by atoms with E-state index < -0.39 is 54.5 Å². The van der Waals surface area contributed by atoms with E-state index in [4.69, 9.17) is 14.6 Å². The molecule has 4 N–H and O–H groups in total. The molecule has 3 aromatic rings. The number of nitrogens with one attached hydrogen (secondary N) is 1. The first-order valence-corrected chi connectivity index (χ1v) is 26.9. The highest BCUT2D eigenvalue weighted by molar-refractivity contribution is 7.86. The van der Waals surface area contributed by atoms with Gasteiger partial charge in [0.05, 0.1) is 9.79 Å². The molecule has 0 saturated carbocycles. The summed E-state index contributed by atoms with van der Waals surface area (Å²) in [5.41, 5.74) is 4.64. The van der Waals surface area contributed by atoms with Gasteiger partial charge in [0.1, 0.15) is 11.5 Å². The van der Waals surface area contributed by atoms with Crippen LogP contribution in [-0.4, -0.2) is 90.7 Å². The third kappa shape index (κ3) is 11.9. The number of ether oxygens (including phenoxy) is 1. The van der Waals surface area contributed by atoms with Crippen LogP contribution in [0.1, 0.15) is 125 Å². The smallest absolute Gasteiger partial charge is 0.333 e. The van der Waals surface area contributed by atoms with E-state index in [0.29, 0.717) is 84.8 Å². The summed E-state index contributed by atoms with van der Waals surface area (Å²) in [4.78, 5) is 61.3. The van der Waals surface area contributed by atoms with Crippen LogP contribution < -0.4 is 15.0 Å². The number of aryl methyl sites for hydroxylation is 1. The van der Waals surface area contributed by atoms with E-state index in [1.165, 1.54) is 24.3 Å². The summed E-state index contributed by atoms with van der Waals surface area (Å²) in [6, 6.07) is 8.88. The summed E-state index contributed by atoms with van der Waals surface area (Å²) in [5.74, 6) is -1.18. The molecule has 1 unspecified atom stereocenters. The number of phenols is 1. The Morgan fingerprint density at radius 1 is 0.847 bits per heavy atom. The number of fused-ring (bicyclic) bond motifs is 2. The number of carbonyl (C=O) groups excluding carboxylic acids is 4. The molecular formula is C53H66N4O13S2. The number of hydrogen-bond donors (Lipinski definition) is 4. The molecule has 388 valence electrons. The van der Waals surface area contributed by atoms with Crippen LogP contribution in [0, 0.1) is 27.7 Å². The number of anilines is 1. The van der Waals surface area contributed by atoms with Crippen molar-refractivity contribution in [1.82, 2.24) is 10.4 Å². The minimum atomic E-state index is -4.52. The van der Waals surface area contributed by atoms with Gasteiger partial charge in [-0.25, -0.2) is 4.79 Å². The maximum atomic E-state index is 13.6. The Balaban J connectivity index is 1.20. The van der Waals surface area contributed by atoms with Crippen LogP contribution in [0.2, 0.25) is 0 Å². The Morgan fingerprint density at radius 3 is 2.17 bits per heavy atom. The lowest BCUT2D eigenvalue weighted by Gasteiger charge is -2.36. The zero-order valence-corrected chi connectivity index (χ0v) is 44.1. The lowest BCUT2D eigenvalue weighted by atomic mass is 9.77. The van der Waals surface area contributed by atoms with Gasteiger partial charge in [-0.15, -0.1) is 5.06 Å². The molecule has 0 aliphatic carbocycles. The van der Waals surface area contributed by atoms with E-state index in [1.807, 2.05) is 73.6 Å². The van der Waals surface area contributed by atoms with Crippen molar-refractivity contribution in [3.8, 4) is 11.5 Å². The van der Waals surface area contributed by atoms with Gasteiger partial charge in [0, 0.05) is 78.8 Å². The summed E-state index contributed by atoms with van der Waals surface area (Å²) in [6.07, 6.45) is 12.2. The fourth-order valence-electron chi connectivity index (χ4n) is 9.54. The van der Waals surface area contributed by atoms with Crippen molar-refractivity contribution >= 4 is 55.3 Å². The summed E-state index contributed by atoms with van der Waals surface area (Å²) in [7, 11) is -9.02. The van der Waals surface area contributed by atoms with Crippen molar-refractivity contribution in [1.29, 1.82) is 0 Å². The van der Waals surface area contributed by atoms with Crippen LogP contribution in [0.4, 0.5) is 5.69 Å². The molecule has 1 saturated heterocycles. The van der Waals surface area contributed by atoms with Gasteiger partial charge in [-0.3, -0.25) is 28.5 Å². The highest BCUT2D eigenvalue weighted by atomic mass is 32.2. The van der Waals surface area contributed by atoms with Gasteiger partial charge in [0.15, 0.2) is 5.60 Å². The van der Waals surface area contributed by atoms with Crippen molar-refractivity contribution in [3.05, 3.63) is 111 Å². The van der Waals surface area contributed by atoms with E-state index in [0.717, 1.165) is 33.6 Å². The van der Waals surface area contributed by atoms with Crippen molar-refractivity contribution in [3.63, 3.8) is 0 Å². The van der Waals surface area contributed by atoms with E-state index >= 15 is 0 Å². The first-order valence-electron chi connectivity index (χ1n) is 24.0. The van der Waals surface area contributed by atoms with Crippen molar-refractivity contribution in [2.24, 2.45) is 4.99 Å². The second kappa shape index (κ2) is 21.5. The number of rotatable bonds is 19. The molecule has 3 aliphatic heterocycles. The van der Waals surface area contributed by atoms with Crippen LogP contribution in [-0.2, 0) is 61.5 Å². The predicted octanol–water partition coefficient (Wildman–Crippen LogP) is 8.09. The largest absolute Gasteiger partial charge is 0.507 e.